The Bertz CT molecular complexity index is 761. The maximum Gasteiger partial charge on any atom is 0.415 e. The van der Waals surface area contributed by atoms with Crippen molar-refractivity contribution in [3.8, 4) is 5.75 Å². The number of hydrogen-bond acceptors (Lipinski definition) is 3. The lowest BCUT2D eigenvalue weighted by molar-refractivity contribution is 0.111. The van der Waals surface area contributed by atoms with Crippen LogP contribution in [0.1, 0.15) is 17.2 Å². The molecule has 1 atom stereocenters. The molecule has 0 spiro atoms. The number of nitrogens with zero attached hydrogens (tertiary/aromatic N) is 1. The summed E-state index contributed by atoms with van der Waals surface area (Å²) in [4.78, 5) is 13.8. The van der Waals surface area contributed by atoms with Gasteiger partial charge in [0.25, 0.3) is 0 Å². The standard InChI is InChI=1S/C18H15Cl2NO3/c1-2-23-18(22)21-10-14-15(20)4-3-5-16(14)24-17(11-21)12-6-8-13(19)9-7-12/h2-9,17H,1,10-11H2. The van der Waals surface area contributed by atoms with Gasteiger partial charge in [0.2, 0.25) is 0 Å². The summed E-state index contributed by atoms with van der Waals surface area (Å²) >= 11 is 12.2. The van der Waals surface area contributed by atoms with E-state index in [0.29, 0.717) is 28.9 Å². The van der Waals surface area contributed by atoms with Gasteiger partial charge in [-0.15, -0.1) is 0 Å². The van der Waals surface area contributed by atoms with E-state index in [2.05, 4.69) is 6.58 Å². The topological polar surface area (TPSA) is 38.8 Å². The molecular formula is C18H15Cl2NO3. The fourth-order valence-corrected chi connectivity index (χ4v) is 2.94. The van der Waals surface area contributed by atoms with Gasteiger partial charge >= 0.3 is 6.09 Å². The number of hydrogen-bond donors (Lipinski definition) is 0. The smallest absolute Gasteiger partial charge is 0.415 e. The molecule has 0 aliphatic carbocycles. The fourth-order valence-electron chi connectivity index (χ4n) is 2.58. The van der Waals surface area contributed by atoms with Gasteiger partial charge in [0.15, 0.2) is 0 Å². The van der Waals surface area contributed by atoms with Crippen molar-refractivity contribution in [2.24, 2.45) is 0 Å². The minimum absolute atomic E-state index is 0.297. The normalized spacial score (nSPS) is 16.6. The Balaban J connectivity index is 1.99. The van der Waals surface area contributed by atoms with Gasteiger partial charge in [-0.1, -0.05) is 48.0 Å². The van der Waals surface area contributed by atoms with Crippen LogP contribution in [0.2, 0.25) is 10.0 Å². The highest BCUT2D eigenvalue weighted by molar-refractivity contribution is 6.31. The van der Waals surface area contributed by atoms with E-state index in [1.165, 1.54) is 0 Å². The summed E-state index contributed by atoms with van der Waals surface area (Å²) in [6.45, 7) is 4.04. The maximum absolute atomic E-state index is 12.2. The zero-order valence-electron chi connectivity index (χ0n) is 12.7. The second-order valence-electron chi connectivity index (χ2n) is 5.31. The van der Waals surface area contributed by atoms with Crippen LogP contribution in [0.5, 0.6) is 5.75 Å². The van der Waals surface area contributed by atoms with Crippen LogP contribution in [0.15, 0.2) is 55.3 Å². The minimum Gasteiger partial charge on any atom is -0.483 e. The van der Waals surface area contributed by atoms with Crippen LogP contribution < -0.4 is 4.74 Å². The molecule has 1 amide bonds. The Hall–Kier alpha value is -2.17. The van der Waals surface area contributed by atoms with Gasteiger partial charge in [0.1, 0.15) is 11.9 Å². The van der Waals surface area contributed by atoms with E-state index in [9.17, 15) is 4.79 Å². The zero-order chi connectivity index (χ0) is 17.1. The molecule has 0 radical (unpaired) electrons. The van der Waals surface area contributed by atoms with E-state index in [0.717, 1.165) is 17.4 Å². The van der Waals surface area contributed by atoms with Gasteiger partial charge in [-0.05, 0) is 29.8 Å². The quantitative estimate of drug-likeness (QED) is 0.687. The van der Waals surface area contributed by atoms with Crippen molar-refractivity contribution in [1.29, 1.82) is 0 Å². The third-order valence-electron chi connectivity index (χ3n) is 3.76. The lowest BCUT2D eigenvalue weighted by atomic mass is 10.1. The first-order chi connectivity index (χ1) is 11.6. The van der Waals surface area contributed by atoms with Crippen LogP contribution >= 0.6 is 23.2 Å². The highest BCUT2D eigenvalue weighted by atomic mass is 35.5. The van der Waals surface area contributed by atoms with E-state index >= 15 is 0 Å². The number of halogens is 2. The van der Waals surface area contributed by atoms with Gasteiger partial charge in [-0.3, -0.25) is 4.90 Å². The molecule has 2 aromatic carbocycles. The molecule has 124 valence electrons. The summed E-state index contributed by atoms with van der Waals surface area (Å²) in [6, 6.07) is 12.7. The second kappa shape index (κ2) is 7.16. The zero-order valence-corrected chi connectivity index (χ0v) is 14.3. The predicted octanol–water partition coefficient (Wildman–Crippen LogP) is 5.21. The molecule has 1 unspecified atom stereocenters. The molecule has 1 heterocycles. The summed E-state index contributed by atoms with van der Waals surface area (Å²) in [5, 5.41) is 1.18. The number of rotatable bonds is 2. The van der Waals surface area contributed by atoms with Crippen LogP contribution in [-0.2, 0) is 11.3 Å². The molecule has 0 saturated carbocycles. The van der Waals surface area contributed by atoms with E-state index in [1.807, 2.05) is 24.3 Å². The first-order valence-electron chi connectivity index (χ1n) is 7.34. The summed E-state index contributed by atoms with van der Waals surface area (Å²) in [7, 11) is 0. The molecule has 1 aliphatic rings. The number of amides is 1. The molecule has 0 N–H and O–H groups in total. The predicted molar refractivity (Wildman–Crippen MR) is 93.4 cm³/mol. The largest absolute Gasteiger partial charge is 0.483 e. The minimum atomic E-state index is -0.500. The Kier molecular flexibility index (Phi) is 4.97. The lowest BCUT2D eigenvalue weighted by Crippen LogP contribution is -2.33. The molecule has 0 aromatic heterocycles. The second-order valence-corrected chi connectivity index (χ2v) is 6.15. The first kappa shape index (κ1) is 16.7. The highest BCUT2D eigenvalue weighted by Gasteiger charge is 2.29. The highest BCUT2D eigenvalue weighted by Crippen LogP contribution is 2.35. The lowest BCUT2D eigenvalue weighted by Gasteiger charge is -2.23. The summed E-state index contributed by atoms with van der Waals surface area (Å²) in [6.07, 6.45) is 0.249. The molecule has 0 bridgehead atoms. The Morgan fingerprint density at radius 3 is 2.71 bits per heavy atom. The van der Waals surface area contributed by atoms with Crippen molar-refractivity contribution in [3.05, 3.63) is 76.5 Å². The van der Waals surface area contributed by atoms with Gasteiger partial charge in [0, 0.05) is 15.6 Å². The number of benzene rings is 2. The van der Waals surface area contributed by atoms with Crippen molar-refractivity contribution in [2.75, 3.05) is 6.54 Å². The maximum atomic E-state index is 12.2. The van der Waals surface area contributed by atoms with Crippen molar-refractivity contribution in [2.45, 2.75) is 12.6 Å². The molecular weight excluding hydrogens is 349 g/mol. The molecule has 2 aromatic rings. The molecule has 4 nitrogen and oxygen atoms in total. The van der Waals surface area contributed by atoms with E-state index in [1.54, 1.807) is 23.1 Å². The number of fused-ring (bicyclic) bond motifs is 1. The van der Waals surface area contributed by atoms with Crippen molar-refractivity contribution in [3.63, 3.8) is 0 Å². The molecule has 24 heavy (non-hydrogen) atoms. The SMILES string of the molecule is C=COC(=O)N1Cc2c(Cl)cccc2OC(c2ccc(Cl)cc2)C1. The fraction of sp³-hybridized carbons (Fsp3) is 0.167. The van der Waals surface area contributed by atoms with Crippen LogP contribution in [0, 0.1) is 0 Å². The Morgan fingerprint density at radius 2 is 2.00 bits per heavy atom. The van der Waals surface area contributed by atoms with Crippen molar-refractivity contribution in [1.82, 2.24) is 4.90 Å². The van der Waals surface area contributed by atoms with Crippen LogP contribution in [0.25, 0.3) is 0 Å². The average Bonchev–Trinajstić information content (AvgIpc) is 2.76. The third-order valence-corrected chi connectivity index (χ3v) is 4.37. The van der Waals surface area contributed by atoms with Crippen molar-refractivity contribution < 1.29 is 14.3 Å². The molecule has 1 aliphatic heterocycles. The van der Waals surface area contributed by atoms with E-state index in [4.69, 9.17) is 32.7 Å². The summed E-state index contributed by atoms with van der Waals surface area (Å²) < 4.78 is 11.0. The summed E-state index contributed by atoms with van der Waals surface area (Å²) in [5.74, 6) is 0.649. The Morgan fingerprint density at radius 1 is 1.25 bits per heavy atom. The molecule has 0 saturated heterocycles. The third kappa shape index (κ3) is 3.50. The van der Waals surface area contributed by atoms with Crippen LogP contribution in [-0.4, -0.2) is 17.5 Å². The van der Waals surface area contributed by atoms with E-state index in [-0.39, 0.29) is 6.10 Å². The number of carbonyl (C=O) groups excluding carboxylic acids is 1. The molecule has 6 heteroatoms. The number of carbonyl (C=O) groups is 1. The average molecular weight is 364 g/mol. The molecule has 0 fully saturated rings. The molecule has 3 rings (SSSR count). The Labute approximate surface area is 150 Å². The first-order valence-corrected chi connectivity index (χ1v) is 8.10. The van der Waals surface area contributed by atoms with E-state index < -0.39 is 6.09 Å². The van der Waals surface area contributed by atoms with Gasteiger partial charge < -0.3 is 9.47 Å². The van der Waals surface area contributed by atoms with Crippen LogP contribution in [0.3, 0.4) is 0 Å². The van der Waals surface area contributed by atoms with Gasteiger partial charge in [-0.2, -0.15) is 0 Å². The summed E-state index contributed by atoms with van der Waals surface area (Å²) in [5.41, 5.74) is 1.65. The monoisotopic (exact) mass is 363 g/mol. The van der Waals surface area contributed by atoms with Gasteiger partial charge in [0.05, 0.1) is 19.4 Å². The van der Waals surface area contributed by atoms with Gasteiger partial charge in [-0.25, -0.2) is 4.79 Å². The van der Waals surface area contributed by atoms with Crippen LogP contribution in [0.4, 0.5) is 4.79 Å². The van der Waals surface area contributed by atoms with Crippen molar-refractivity contribution >= 4 is 29.3 Å². The number of ether oxygens (including phenoxy) is 2.